The van der Waals surface area contributed by atoms with E-state index in [1.54, 1.807) is 50.5 Å². The monoisotopic (exact) mass is 1090 g/mol. The second-order valence-corrected chi connectivity index (χ2v) is 20.6. The molecule has 408 valence electrons. The first-order valence-electron chi connectivity index (χ1n) is 24.2. The molecule has 4 N–H and O–H groups in total. The van der Waals surface area contributed by atoms with E-state index in [1.165, 1.54) is 42.6 Å². The average molecular weight is 1090 g/mol. The number of anilines is 1. The summed E-state index contributed by atoms with van der Waals surface area (Å²) in [7, 11) is 2.84. The number of benzene rings is 1. The Hall–Kier alpha value is -4.85. The van der Waals surface area contributed by atoms with E-state index in [2.05, 4.69) is 23.4 Å². The molecule has 0 aliphatic carbocycles. The SMILES string of the molecule is C=S.CSC1CC(=O)N(CCOCCOCCN2C(=O)CC(CC(=O)N(C)[C@@H](C)C(=O)O[C@H]3CC(=O)N(C)c4cc(cc(CO)c4Cl)C/C(C)=C/C=C/[C@@H](CO)[C@@]4(O)C[C@H](OC(=O)N4)[C@@H](C)[C@@H]4O[C@@]34C)C2=O)C1=O. The number of carbonyl (C=O) groups is 8. The molecule has 0 saturated carbocycles. The number of esters is 1. The number of alkyl carbamates (subject to hydrolysis) is 1. The summed E-state index contributed by atoms with van der Waals surface area (Å²) in [5.41, 5.74) is -1.15. The molecule has 0 spiro atoms. The van der Waals surface area contributed by atoms with E-state index in [0.29, 0.717) is 17.5 Å². The third kappa shape index (κ3) is 13.9. The van der Waals surface area contributed by atoms with Gasteiger partial charge >= 0.3 is 12.1 Å². The summed E-state index contributed by atoms with van der Waals surface area (Å²) in [4.78, 5) is 110. The smallest absolute Gasteiger partial charge is 0.409 e. The van der Waals surface area contributed by atoms with Gasteiger partial charge in [-0.15, -0.1) is 0 Å². The number of epoxide rings is 1. The second-order valence-electron chi connectivity index (χ2n) is 19.2. The second kappa shape index (κ2) is 26.3. The van der Waals surface area contributed by atoms with Gasteiger partial charge in [0.15, 0.2) is 5.72 Å². The lowest BCUT2D eigenvalue weighted by atomic mass is 9.81. The van der Waals surface area contributed by atoms with Crippen molar-refractivity contribution in [3.8, 4) is 0 Å². The number of imide groups is 2. The first-order valence-corrected chi connectivity index (χ1v) is 26.5. The number of nitrogens with zero attached hydrogens (tertiary/aromatic N) is 4. The molecule has 4 bridgehead atoms. The number of hydrogen-bond donors (Lipinski definition) is 4. The number of halogens is 1. The molecular formula is C50H68ClN5O16S2. The molecule has 0 aromatic heterocycles. The van der Waals surface area contributed by atoms with Crippen LogP contribution in [-0.2, 0) is 70.3 Å². The highest BCUT2D eigenvalue weighted by molar-refractivity contribution is 8.00. The van der Waals surface area contributed by atoms with Crippen LogP contribution in [0.15, 0.2) is 35.9 Å². The Labute approximate surface area is 445 Å². The quantitative estimate of drug-likeness (QED) is 0.0574. The number of thioether (sulfide) groups is 1. The number of thiocarbonyl (C=S) groups is 1. The lowest BCUT2D eigenvalue weighted by Gasteiger charge is -2.42. The molecule has 74 heavy (non-hydrogen) atoms. The molecule has 4 fully saturated rings. The van der Waals surface area contributed by atoms with E-state index in [-0.39, 0.29) is 86.6 Å². The number of rotatable bonds is 17. The Balaban J connectivity index is 0.00000501. The summed E-state index contributed by atoms with van der Waals surface area (Å²) >= 11 is 11.9. The van der Waals surface area contributed by atoms with E-state index in [9.17, 15) is 53.7 Å². The van der Waals surface area contributed by atoms with Gasteiger partial charge in [-0.1, -0.05) is 60.6 Å². The van der Waals surface area contributed by atoms with Gasteiger partial charge in [-0.25, -0.2) is 9.59 Å². The highest BCUT2D eigenvalue weighted by atomic mass is 35.5. The summed E-state index contributed by atoms with van der Waals surface area (Å²) < 4.78 is 29.0. The number of allylic oxidation sites excluding steroid dienone is 3. The van der Waals surface area contributed by atoms with Gasteiger partial charge in [-0.3, -0.25) is 43.9 Å². The number of aliphatic hydroxyl groups excluding tert-OH is 2. The molecule has 7 amide bonds. The molecule has 5 heterocycles. The fraction of sp³-hybridized carbons (Fsp3) is 0.620. The maximum absolute atomic E-state index is 14.3. The number of fused-ring (bicyclic) bond motifs is 5. The van der Waals surface area contributed by atoms with Crippen LogP contribution < -0.4 is 10.2 Å². The zero-order chi connectivity index (χ0) is 54.8. The van der Waals surface area contributed by atoms with Crippen LogP contribution in [0.3, 0.4) is 0 Å². The summed E-state index contributed by atoms with van der Waals surface area (Å²) in [5, 5.41) is 34.6. The summed E-state index contributed by atoms with van der Waals surface area (Å²) in [5.74, 6) is -3.42. The van der Waals surface area contributed by atoms with Crippen LogP contribution in [0.25, 0.3) is 0 Å². The van der Waals surface area contributed by atoms with Gasteiger partial charge in [-0.05, 0) is 56.5 Å². The van der Waals surface area contributed by atoms with Crippen molar-refractivity contribution in [2.75, 3.05) is 71.4 Å². The molecule has 0 radical (unpaired) electrons. The van der Waals surface area contributed by atoms with Crippen LogP contribution >= 0.6 is 35.6 Å². The van der Waals surface area contributed by atoms with Crippen molar-refractivity contribution in [2.24, 2.45) is 17.8 Å². The summed E-state index contributed by atoms with van der Waals surface area (Å²) in [6.07, 6.45) is 2.05. The zero-order valence-corrected chi connectivity index (χ0v) is 45.1. The number of carbonyl (C=O) groups excluding carboxylic acids is 8. The summed E-state index contributed by atoms with van der Waals surface area (Å²) in [6.45, 7) is 6.10. The van der Waals surface area contributed by atoms with Gasteiger partial charge in [-0.2, -0.15) is 11.8 Å². The fourth-order valence-electron chi connectivity index (χ4n) is 9.51. The molecule has 21 nitrogen and oxygen atoms in total. The summed E-state index contributed by atoms with van der Waals surface area (Å²) in [6, 6.07) is 2.15. The largest absolute Gasteiger partial charge is 0.457 e. The molecule has 1 aromatic rings. The van der Waals surface area contributed by atoms with Crippen molar-refractivity contribution in [1.29, 1.82) is 0 Å². The lowest BCUT2D eigenvalue weighted by molar-refractivity contribution is -0.162. The number of amides is 7. The molecule has 1 aromatic carbocycles. The minimum absolute atomic E-state index is 0.00205. The number of nitrogens with one attached hydrogen (secondary N) is 1. The highest BCUT2D eigenvalue weighted by Gasteiger charge is 2.64. The molecule has 24 heteroatoms. The Morgan fingerprint density at radius 3 is 2.24 bits per heavy atom. The van der Waals surface area contributed by atoms with Crippen molar-refractivity contribution < 1.29 is 77.4 Å². The molecule has 2 unspecified atom stereocenters. The van der Waals surface area contributed by atoms with Crippen molar-refractivity contribution in [3.63, 3.8) is 0 Å². The molecule has 5 aliphatic rings. The first-order chi connectivity index (χ1) is 35.1. The van der Waals surface area contributed by atoms with Gasteiger partial charge in [0.25, 0.3) is 0 Å². The average Bonchev–Trinajstić information content (AvgIpc) is 3.89. The normalized spacial score (nSPS) is 29.9. The van der Waals surface area contributed by atoms with Crippen LogP contribution in [0, 0.1) is 17.8 Å². The van der Waals surface area contributed by atoms with E-state index in [0.717, 1.165) is 15.4 Å². The van der Waals surface area contributed by atoms with Crippen molar-refractivity contribution in [3.05, 3.63) is 52.1 Å². The zero-order valence-electron chi connectivity index (χ0n) is 42.7. The number of hydrogen-bond acceptors (Lipinski definition) is 18. The number of likely N-dealkylation sites (N-methyl/N-ethyl adjacent to an activating group) is 1. The third-order valence-corrected chi connectivity index (χ3v) is 15.6. The minimum Gasteiger partial charge on any atom is -0.457 e. The first kappa shape index (κ1) is 60.0. The third-order valence-electron chi connectivity index (χ3n) is 14.3. The van der Waals surface area contributed by atoms with Crippen molar-refractivity contribution >= 4 is 94.6 Å². The van der Waals surface area contributed by atoms with Crippen LogP contribution in [0.4, 0.5) is 10.5 Å². The minimum atomic E-state index is -1.94. The highest BCUT2D eigenvalue weighted by Crippen LogP contribution is 2.49. The molecular weight excluding hydrogens is 1030 g/mol. The Kier molecular flexibility index (Phi) is 21.3. The molecule has 6 rings (SSSR count). The predicted molar refractivity (Wildman–Crippen MR) is 275 cm³/mol. The van der Waals surface area contributed by atoms with Gasteiger partial charge in [0.1, 0.15) is 23.9 Å². The number of likely N-dealkylation sites (tertiary alicyclic amines) is 2. The van der Waals surface area contributed by atoms with Crippen molar-refractivity contribution in [1.82, 2.24) is 20.0 Å². The van der Waals surface area contributed by atoms with Gasteiger partial charge < -0.3 is 48.8 Å². The van der Waals surface area contributed by atoms with Crippen LogP contribution in [-0.4, -0.2) is 191 Å². The molecule has 10 atom stereocenters. The van der Waals surface area contributed by atoms with Crippen LogP contribution in [0.2, 0.25) is 5.02 Å². The number of ether oxygens (including phenoxy) is 5. The molecule has 5 aliphatic heterocycles. The Bertz CT molecular complexity index is 2360. The maximum atomic E-state index is 14.3. The lowest BCUT2D eigenvalue weighted by Crippen LogP contribution is -2.62. The van der Waals surface area contributed by atoms with Crippen molar-refractivity contribution in [2.45, 2.75) is 114 Å². The fourth-order valence-corrected chi connectivity index (χ4v) is 10.4. The Morgan fingerprint density at radius 1 is 1.00 bits per heavy atom. The van der Waals surface area contributed by atoms with E-state index < -0.39 is 115 Å². The van der Waals surface area contributed by atoms with E-state index in [4.69, 9.17) is 35.3 Å². The number of aliphatic hydroxyl groups is 3. The topological polar surface area (TPSA) is 272 Å². The van der Waals surface area contributed by atoms with Crippen LogP contribution in [0.5, 0.6) is 0 Å². The predicted octanol–water partition coefficient (Wildman–Crippen LogP) is 2.50. The van der Waals surface area contributed by atoms with Crippen LogP contribution in [0.1, 0.15) is 70.9 Å². The van der Waals surface area contributed by atoms with Gasteiger partial charge in [0.2, 0.25) is 35.4 Å². The maximum Gasteiger partial charge on any atom is 0.409 e. The van der Waals surface area contributed by atoms with Gasteiger partial charge in [0.05, 0.1) is 87.1 Å². The van der Waals surface area contributed by atoms with E-state index >= 15 is 0 Å². The Morgan fingerprint density at radius 2 is 1.64 bits per heavy atom. The van der Waals surface area contributed by atoms with Gasteiger partial charge in [0, 0.05) is 51.6 Å². The standard InChI is InChI=1S/C49H66ClN5O16S.CH2S/c1-27-9-8-10-33(26-57)49(66)24-35(69-47(65)51-49)28(2)43-48(4,71-43)37(23-39(59)53(6)34-19-30(17-27)18-32(25-56)42(34)50)70-46(64)29(3)52(5)38(58)20-31-21-40(60)54(44(31)62)11-13-67-15-16-68-14-12-55-41(61)22-36(72-7)45(55)63;1-2/h8-10,18-19,28-29,31,33,35-37,43,56-57,66H,11-17,20-26H2,1-7H3,(H,51,65);1H2/b10-8+,27-9+;/t28-,29+,31?,33+,35+,36?,37+,43+,48+,49+;/m1./s1. The molecule has 4 saturated heterocycles. The van der Waals surface area contributed by atoms with E-state index in [1.807, 2.05) is 6.92 Å².